The Labute approximate surface area is 125 Å². The topological polar surface area (TPSA) is 42.9 Å². The highest BCUT2D eigenvalue weighted by Gasteiger charge is 2.42. The largest absolute Gasteiger partial charge is 0.417 e. The van der Waals surface area contributed by atoms with Crippen molar-refractivity contribution in [2.24, 2.45) is 0 Å². The quantitative estimate of drug-likeness (QED) is 0.808. The number of alkyl halides is 3. The lowest BCUT2D eigenvalue weighted by Crippen LogP contribution is -2.38. The third-order valence-corrected chi connectivity index (χ3v) is 4.15. The average molecular weight is 306 g/mol. The molecule has 0 radical (unpaired) electrons. The highest BCUT2D eigenvalue weighted by molar-refractivity contribution is 6.05. The van der Waals surface area contributed by atoms with Crippen LogP contribution in [0.3, 0.4) is 0 Å². The SMILES string of the molecule is CC1(c2ccc(C(F)(F)F)cn2)CCc2ncccc2C1=O. The molecule has 22 heavy (non-hydrogen) atoms. The Balaban J connectivity index is 2.00. The number of hydrogen-bond acceptors (Lipinski definition) is 3. The van der Waals surface area contributed by atoms with E-state index in [9.17, 15) is 18.0 Å². The summed E-state index contributed by atoms with van der Waals surface area (Å²) in [7, 11) is 0. The summed E-state index contributed by atoms with van der Waals surface area (Å²) in [4.78, 5) is 20.8. The molecule has 0 fully saturated rings. The second-order valence-corrected chi connectivity index (χ2v) is 5.59. The fourth-order valence-corrected chi connectivity index (χ4v) is 2.76. The van der Waals surface area contributed by atoms with E-state index in [1.807, 2.05) is 0 Å². The van der Waals surface area contributed by atoms with Gasteiger partial charge >= 0.3 is 6.18 Å². The van der Waals surface area contributed by atoms with E-state index in [2.05, 4.69) is 9.97 Å². The molecule has 6 heteroatoms. The molecule has 0 saturated carbocycles. The van der Waals surface area contributed by atoms with E-state index in [4.69, 9.17) is 0 Å². The minimum absolute atomic E-state index is 0.144. The molecule has 1 atom stereocenters. The van der Waals surface area contributed by atoms with E-state index < -0.39 is 17.2 Å². The summed E-state index contributed by atoms with van der Waals surface area (Å²) in [6.45, 7) is 1.72. The molecule has 1 aliphatic carbocycles. The molecule has 0 N–H and O–H groups in total. The zero-order chi connectivity index (χ0) is 16.0. The molecule has 1 unspecified atom stereocenters. The molecule has 0 amide bonds. The molecule has 0 saturated heterocycles. The van der Waals surface area contributed by atoms with E-state index in [1.165, 1.54) is 6.07 Å². The van der Waals surface area contributed by atoms with E-state index in [1.54, 1.807) is 25.3 Å². The lowest BCUT2D eigenvalue weighted by atomic mass is 9.71. The van der Waals surface area contributed by atoms with E-state index >= 15 is 0 Å². The van der Waals surface area contributed by atoms with Gasteiger partial charge in [0.1, 0.15) is 0 Å². The van der Waals surface area contributed by atoms with Gasteiger partial charge in [0.2, 0.25) is 0 Å². The van der Waals surface area contributed by atoms with Gasteiger partial charge in [0.25, 0.3) is 0 Å². The molecule has 114 valence electrons. The number of ketones is 1. The number of nitrogens with zero attached hydrogens (tertiary/aromatic N) is 2. The van der Waals surface area contributed by atoms with Crippen molar-refractivity contribution in [3.8, 4) is 0 Å². The fourth-order valence-electron chi connectivity index (χ4n) is 2.76. The number of Topliss-reactive ketones (excluding diaryl/α,β-unsaturated/α-hetero) is 1. The molecule has 3 rings (SSSR count). The van der Waals surface area contributed by atoms with Gasteiger partial charge in [-0.15, -0.1) is 0 Å². The molecular formula is C16H13F3N2O. The van der Waals surface area contributed by atoms with Crippen LogP contribution in [0.4, 0.5) is 13.2 Å². The molecule has 2 aromatic heterocycles. The van der Waals surface area contributed by atoms with Crippen LogP contribution in [0.15, 0.2) is 36.7 Å². The third kappa shape index (κ3) is 2.28. The van der Waals surface area contributed by atoms with Crippen molar-refractivity contribution in [1.82, 2.24) is 9.97 Å². The summed E-state index contributed by atoms with van der Waals surface area (Å²) in [5, 5.41) is 0. The van der Waals surface area contributed by atoms with Gasteiger partial charge in [-0.2, -0.15) is 13.2 Å². The molecule has 3 nitrogen and oxygen atoms in total. The summed E-state index contributed by atoms with van der Waals surface area (Å²) in [6.07, 6.45) is -0.938. The zero-order valence-electron chi connectivity index (χ0n) is 11.8. The van der Waals surface area contributed by atoms with Crippen molar-refractivity contribution < 1.29 is 18.0 Å². The van der Waals surface area contributed by atoms with Gasteiger partial charge in [-0.25, -0.2) is 0 Å². The van der Waals surface area contributed by atoms with Crippen molar-refractivity contribution in [1.29, 1.82) is 0 Å². The van der Waals surface area contributed by atoms with Gasteiger partial charge < -0.3 is 0 Å². The van der Waals surface area contributed by atoms with Crippen molar-refractivity contribution in [2.75, 3.05) is 0 Å². The van der Waals surface area contributed by atoms with Crippen LogP contribution in [0.2, 0.25) is 0 Å². The van der Waals surface area contributed by atoms with Gasteiger partial charge in [-0.1, -0.05) is 0 Å². The Morgan fingerprint density at radius 3 is 2.59 bits per heavy atom. The fraction of sp³-hybridized carbons (Fsp3) is 0.312. The molecule has 2 heterocycles. The number of hydrogen-bond donors (Lipinski definition) is 0. The van der Waals surface area contributed by atoms with Crippen LogP contribution < -0.4 is 0 Å². The number of rotatable bonds is 1. The first-order chi connectivity index (χ1) is 10.3. The Bertz CT molecular complexity index is 725. The second-order valence-electron chi connectivity index (χ2n) is 5.59. The Morgan fingerprint density at radius 2 is 1.95 bits per heavy atom. The Hall–Kier alpha value is -2.24. The van der Waals surface area contributed by atoms with Crippen LogP contribution in [-0.4, -0.2) is 15.8 Å². The van der Waals surface area contributed by atoms with Gasteiger partial charge in [0, 0.05) is 18.0 Å². The van der Waals surface area contributed by atoms with Crippen LogP contribution in [-0.2, 0) is 18.0 Å². The van der Waals surface area contributed by atoms with Crippen LogP contribution in [0.25, 0.3) is 0 Å². The van der Waals surface area contributed by atoms with Crippen LogP contribution in [0, 0.1) is 0 Å². The highest BCUT2D eigenvalue weighted by atomic mass is 19.4. The number of fused-ring (bicyclic) bond motifs is 1. The maximum Gasteiger partial charge on any atom is 0.417 e. The van der Waals surface area contributed by atoms with Crippen molar-refractivity contribution in [3.63, 3.8) is 0 Å². The number of aryl methyl sites for hydroxylation is 1. The smallest absolute Gasteiger partial charge is 0.293 e. The van der Waals surface area contributed by atoms with Gasteiger partial charge in [-0.05, 0) is 44.0 Å². The molecular weight excluding hydrogens is 293 g/mol. The molecule has 2 aromatic rings. The summed E-state index contributed by atoms with van der Waals surface area (Å²) < 4.78 is 37.8. The number of halogens is 3. The lowest BCUT2D eigenvalue weighted by Gasteiger charge is -2.32. The number of aromatic nitrogens is 2. The van der Waals surface area contributed by atoms with Crippen molar-refractivity contribution in [2.45, 2.75) is 31.4 Å². The van der Waals surface area contributed by atoms with Crippen molar-refractivity contribution >= 4 is 5.78 Å². The standard InChI is InChI=1S/C16H13F3N2O/c1-15(13-5-4-10(9-21-13)16(17,18)19)7-6-12-11(14(15)22)3-2-8-20-12/h2-5,8-9H,6-7H2,1H3. The zero-order valence-corrected chi connectivity index (χ0v) is 11.8. The first kappa shape index (κ1) is 14.7. The molecule has 0 spiro atoms. The van der Waals surface area contributed by atoms with E-state index in [0.717, 1.165) is 18.0 Å². The summed E-state index contributed by atoms with van der Waals surface area (Å²) >= 11 is 0. The number of carbonyl (C=O) groups excluding carboxylic acids is 1. The predicted octanol–water partition coefficient (Wildman–Crippen LogP) is 3.58. The predicted molar refractivity (Wildman–Crippen MR) is 73.5 cm³/mol. The molecule has 0 bridgehead atoms. The number of pyridine rings is 2. The maximum atomic E-state index is 12.7. The summed E-state index contributed by atoms with van der Waals surface area (Å²) in [5.41, 5.74) is -0.111. The second kappa shape index (κ2) is 4.90. The first-order valence-electron chi connectivity index (χ1n) is 6.85. The average Bonchev–Trinajstić information content (AvgIpc) is 2.51. The maximum absolute atomic E-state index is 12.7. The molecule has 1 aliphatic rings. The number of carbonyl (C=O) groups is 1. The third-order valence-electron chi connectivity index (χ3n) is 4.15. The van der Waals surface area contributed by atoms with E-state index in [-0.39, 0.29) is 5.78 Å². The van der Waals surface area contributed by atoms with Gasteiger partial charge in [-0.3, -0.25) is 14.8 Å². The summed E-state index contributed by atoms with van der Waals surface area (Å²) in [5.74, 6) is -0.144. The summed E-state index contributed by atoms with van der Waals surface area (Å²) in [6, 6.07) is 5.65. The van der Waals surface area contributed by atoms with Gasteiger partial charge in [0.05, 0.1) is 22.4 Å². The molecule has 0 aromatic carbocycles. The highest BCUT2D eigenvalue weighted by Crippen LogP contribution is 2.37. The van der Waals surface area contributed by atoms with Crippen LogP contribution >= 0.6 is 0 Å². The minimum atomic E-state index is -4.43. The lowest BCUT2D eigenvalue weighted by molar-refractivity contribution is -0.137. The van der Waals surface area contributed by atoms with Crippen LogP contribution in [0.1, 0.15) is 40.7 Å². The Morgan fingerprint density at radius 1 is 1.18 bits per heavy atom. The first-order valence-corrected chi connectivity index (χ1v) is 6.85. The Kier molecular flexibility index (Phi) is 3.27. The normalized spacial score (nSPS) is 21.5. The monoisotopic (exact) mass is 306 g/mol. The minimum Gasteiger partial charge on any atom is -0.293 e. The van der Waals surface area contributed by atoms with E-state index in [0.29, 0.717) is 24.1 Å². The molecule has 0 aliphatic heterocycles. The van der Waals surface area contributed by atoms with Crippen LogP contribution in [0.5, 0.6) is 0 Å². The van der Waals surface area contributed by atoms with Gasteiger partial charge in [0.15, 0.2) is 5.78 Å². The van der Waals surface area contributed by atoms with Crippen molar-refractivity contribution in [3.05, 3.63) is 59.2 Å².